The zero-order valence-corrected chi connectivity index (χ0v) is 11.9. The minimum atomic E-state index is 1.04. The van der Waals surface area contributed by atoms with Crippen molar-refractivity contribution >= 4 is 34.9 Å². The van der Waals surface area contributed by atoms with Crippen LogP contribution in [0.15, 0.2) is 33.2 Å². The van der Waals surface area contributed by atoms with Crippen LogP contribution >= 0.6 is 34.9 Å². The summed E-state index contributed by atoms with van der Waals surface area (Å²) in [6, 6.07) is 4.11. The Kier molecular flexibility index (Phi) is 5.28. The van der Waals surface area contributed by atoms with E-state index in [1.807, 2.05) is 12.4 Å². The molecule has 0 radical (unpaired) electrons. The van der Waals surface area contributed by atoms with Crippen molar-refractivity contribution in [3.63, 3.8) is 0 Å². The fraction of sp³-hybridized carbons (Fsp3) is 0.364. The number of hydrogen-bond acceptors (Lipinski definition) is 6. The molecule has 0 N–H and O–H groups in total. The molecule has 6 heteroatoms. The van der Waals surface area contributed by atoms with E-state index >= 15 is 0 Å². The highest BCUT2D eigenvalue weighted by molar-refractivity contribution is 8.03. The Bertz CT molecular complexity index is 444. The predicted octanol–water partition coefficient (Wildman–Crippen LogP) is 3.38. The molecule has 2 aromatic heterocycles. The van der Waals surface area contributed by atoms with E-state index in [0.29, 0.717) is 0 Å². The topological polar surface area (TPSA) is 38.7 Å². The lowest BCUT2D eigenvalue weighted by atomic mass is 10.2. The Morgan fingerprint density at radius 2 is 1.82 bits per heavy atom. The van der Waals surface area contributed by atoms with E-state index in [0.717, 1.165) is 26.6 Å². The molecule has 0 aliphatic heterocycles. The van der Waals surface area contributed by atoms with E-state index in [1.165, 1.54) is 5.56 Å². The van der Waals surface area contributed by atoms with Gasteiger partial charge in [-0.3, -0.25) is 4.98 Å². The molecule has 17 heavy (non-hydrogen) atoms. The molecule has 0 bridgehead atoms. The van der Waals surface area contributed by atoms with Gasteiger partial charge in [-0.2, -0.15) is 0 Å². The van der Waals surface area contributed by atoms with Gasteiger partial charge in [-0.05, 0) is 29.9 Å². The van der Waals surface area contributed by atoms with Crippen LogP contribution in [0, 0.1) is 0 Å². The highest BCUT2D eigenvalue weighted by atomic mass is 32.2. The van der Waals surface area contributed by atoms with Crippen LogP contribution in [0.25, 0.3) is 0 Å². The molecule has 0 saturated carbocycles. The van der Waals surface area contributed by atoms with Gasteiger partial charge in [-0.1, -0.05) is 41.8 Å². The van der Waals surface area contributed by atoms with Crippen molar-refractivity contribution in [3.8, 4) is 0 Å². The lowest BCUT2D eigenvalue weighted by molar-refractivity contribution is 0.953. The van der Waals surface area contributed by atoms with Crippen LogP contribution < -0.4 is 0 Å². The monoisotopic (exact) mass is 283 g/mol. The van der Waals surface area contributed by atoms with Crippen LogP contribution in [-0.4, -0.2) is 26.7 Å². The van der Waals surface area contributed by atoms with Crippen molar-refractivity contribution in [1.82, 2.24) is 15.2 Å². The van der Waals surface area contributed by atoms with Gasteiger partial charge in [-0.15, -0.1) is 10.2 Å². The zero-order valence-electron chi connectivity index (χ0n) is 9.50. The Morgan fingerprint density at radius 1 is 1.12 bits per heavy atom. The van der Waals surface area contributed by atoms with Gasteiger partial charge in [-0.25, -0.2) is 0 Å². The van der Waals surface area contributed by atoms with Gasteiger partial charge in [0.05, 0.1) is 0 Å². The molecule has 0 saturated heterocycles. The van der Waals surface area contributed by atoms with Crippen LogP contribution in [0.3, 0.4) is 0 Å². The van der Waals surface area contributed by atoms with Crippen molar-refractivity contribution in [2.75, 3.05) is 11.5 Å². The van der Waals surface area contributed by atoms with Crippen molar-refractivity contribution in [3.05, 3.63) is 30.1 Å². The summed E-state index contributed by atoms with van der Waals surface area (Å²) in [5.74, 6) is 2.09. The van der Waals surface area contributed by atoms with Gasteiger partial charge >= 0.3 is 0 Å². The van der Waals surface area contributed by atoms with Crippen molar-refractivity contribution in [2.24, 2.45) is 0 Å². The average molecular weight is 283 g/mol. The number of hydrogen-bond donors (Lipinski definition) is 0. The Hall–Kier alpha value is -0.590. The minimum absolute atomic E-state index is 1.04. The molecule has 0 aliphatic rings. The molecule has 0 atom stereocenters. The van der Waals surface area contributed by atoms with E-state index < -0.39 is 0 Å². The number of pyridine rings is 1. The molecule has 2 rings (SSSR count). The maximum Gasteiger partial charge on any atom is 0.175 e. The third-order valence-electron chi connectivity index (χ3n) is 2.02. The number of aromatic nitrogens is 3. The van der Waals surface area contributed by atoms with Crippen LogP contribution in [0.4, 0.5) is 0 Å². The first-order valence-corrected chi connectivity index (χ1v) is 8.15. The molecular formula is C11H13N3S3. The van der Waals surface area contributed by atoms with Gasteiger partial charge in [0.2, 0.25) is 0 Å². The standard InChI is InChI=1S/C11H13N3S3/c1-2-15-10-13-14-11(17-10)16-8-5-9-3-6-12-7-4-9/h3-4,6-7H,2,5,8H2,1H3. The summed E-state index contributed by atoms with van der Waals surface area (Å²) < 4.78 is 2.13. The van der Waals surface area contributed by atoms with Crippen LogP contribution in [0.5, 0.6) is 0 Å². The molecule has 0 amide bonds. The van der Waals surface area contributed by atoms with Gasteiger partial charge in [0.25, 0.3) is 0 Å². The first-order valence-electron chi connectivity index (χ1n) is 5.36. The third kappa shape index (κ3) is 4.29. The normalized spacial score (nSPS) is 10.6. The molecular weight excluding hydrogens is 270 g/mol. The largest absolute Gasteiger partial charge is 0.265 e. The summed E-state index contributed by atoms with van der Waals surface area (Å²) in [7, 11) is 0. The second-order valence-corrected chi connectivity index (χ2v) is 7.05. The quantitative estimate of drug-likeness (QED) is 0.760. The van der Waals surface area contributed by atoms with E-state index in [9.17, 15) is 0 Å². The maximum absolute atomic E-state index is 4.16. The molecule has 90 valence electrons. The van der Waals surface area contributed by atoms with Crippen molar-refractivity contribution < 1.29 is 0 Å². The molecule has 0 fully saturated rings. The molecule has 2 aromatic rings. The maximum atomic E-state index is 4.16. The molecule has 0 aromatic carbocycles. The second kappa shape index (κ2) is 6.98. The molecule has 0 unspecified atom stereocenters. The SMILES string of the molecule is CCSc1nnc(SCCc2ccncc2)s1. The zero-order chi connectivity index (χ0) is 11.9. The van der Waals surface area contributed by atoms with Gasteiger partial charge in [0, 0.05) is 18.1 Å². The van der Waals surface area contributed by atoms with Crippen LogP contribution in [-0.2, 0) is 6.42 Å². The fourth-order valence-corrected chi connectivity index (χ4v) is 4.22. The van der Waals surface area contributed by atoms with Crippen LogP contribution in [0.1, 0.15) is 12.5 Å². The highest BCUT2D eigenvalue weighted by Crippen LogP contribution is 2.28. The Balaban J connectivity index is 1.78. The first-order chi connectivity index (χ1) is 8.38. The number of rotatable bonds is 6. The number of aryl methyl sites for hydroxylation is 1. The third-order valence-corrected chi connectivity index (χ3v) is 5.10. The number of nitrogens with zero attached hydrogens (tertiary/aromatic N) is 3. The lowest BCUT2D eigenvalue weighted by Gasteiger charge is -1.97. The van der Waals surface area contributed by atoms with Crippen LogP contribution in [0.2, 0.25) is 0 Å². The Labute approximate surface area is 113 Å². The summed E-state index contributed by atoms with van der Waals surface area (Å²) in [5, 5.41) is 8.30. The Morgan fingerprint density at radius 3 is 2.53 bits per heavy atom. The summed E-state index contributed by atoms with van der Waals surface area (Å²) in [6.45, 7) is 2.13. The lowest BCUT2D eigenvalue weighted by Crippen LogP contribution is -1.88. The van der Waals surface area contributed by atoms with E-state index in [1.54, 1.807) is 34.9 Å². The molecule has 0 aliphatic carbocycles. The molecule has 2 heterocycles. The predicted molar refractivity (Wildman–Crippen MR) is 75.0 cm³/mol. The smallest absolute Gasteiger partial charge is 0.175 e. The minimum Gasteiger partial charge on any atom is -0.265 e. The average Bonchev–Trinajstić information content (AvgIpc) is 2.79. The van der Waals surface area contributed by atoms with Crippen molar-refractivity contribution in [1.29, 1.82) is 0 Å². The van der Waals surface area contributed by atoms with Gasteiger partial charge < -0.3 is 0 Å². The molecule has 0 spiro atoms. The van der Waals surface area contributed by atoms with Gasteiger partial charge in [0.1, 0.15) is 0 Å². The summed E-state index contributed by atoms with van der Waals surface area (Å²) in [4.78, 5) is 4.01. The summed E-state index contributed by atoms with van der Waals surface area (Å²) in [5.41, 5.74) is 1.32. The second-order valence-electron chi connectivity index (χ2n) is 3.22. The highest BCUT2D eigenvalue weighted by Gasteiger charge is 2.04. The van der Waals surface area contributed by atoms with Crippen molar-refractivity contribution in [2.45, 2.75) is 22.0 Å². The fourth-order valence-electron chi connectivity index (χ4n) is 1.24. The van der Waals surface area contributed by atoms with E-state index in [2.05, 4.69) is 34.2 Å². The summed E-state index contributed by atoms with van der Waals surface area (Å²) >= 11 is 5.21. The van der Waals surface area contributed by atoms with E-state index in [4.69, 9.17) is 0 Å². The molecule has 3 nitrogen and oxygen atoms in total. The first kappa shape index (κ1) is 12.9. The summed E-state index contributed by atoms with van der Waals surface area (Å²) in [6.07, 6.45) is 4.71. The number of thioether (sulfide) groups is 2. The van der Waals surface area contributed by atoms with Gasteiger partial charge in [0.15, 0.2) is 8.68 Å². The van der Waals surface area contributed by atoms with E-state index in [-0.39, 0.29) is 0 Å².